The van der Waals surface area contributed by atoms with Gasteiger partial charge in [-0.3, -0.25) is 14.4 Å². The van der Waals surface area contributed by atoms with Crippen LogP contribution in [-0.2, 0) is 14.8 Å². The van der Waals surface area contributed by atoms with Gasteiger partial charge in [0.25, 0.3) is 10.0 Å². The Hall–Kier alpha value is -2.43. The molecule has 1 heterocycles. The standard InChI is InChI=1S/C21H24N4O3S3/c1-5-29-21-24-23-20(30-21)22-19(26)13-25(17-9-8-15(3)16(4)12-17)31(27,28)18-10-6-14(2)7-11-18/h6-12H,5,13H2,1-4H3,(H,22,23,26). The number of sulfonamides is 1. The Bertz CT molecular complexity index is 1170. The summed E-state index contributed by atoms with van der Waals surface area (Å²) in [6.07, 6.45) is 0. The number of benzene rings is 2. The van der Waals surface area contributed by atoms with Crippen molar-refractivity contribution < 1.29 is 13.2 Å². The number of nitrogens with zero attached hydrogens (tertiary/aromatic N) is 3. The summed E-state index contributed by atoms with van der Waals surface area (Å²) in [5.41, 5.74) is 3.35. The van der Waals surface area contributed by atoms with Crippen molar-refractivity contribution in [1.82, 2.24) is 10.2 Å². The van der Waals surface area contributed by atoms with E-state index in [9.17, 15) is 13.2 Å². The highest BCUT2D eigenvalue weighted by Crippen LogP contribution is 2.27. The maximum Gasteiger partial charge on any atom is 0.264 e. The third-order valence-corrected chi connectivity index (χ3v) is 8.24. The molecule has 1 amide bonds. The number of hydrogen-bond acceptors (Lipinski definition) is 7. The number of anilines is 2. The van der Waals surface area contributed by atoms with Crippen molar-refractivity contribution in [1.29, 1.82) is 0 Å². The quantitative estimate of drug-likeness (QED) is 0.382. The molecule has 1 N–H and O–H groups in total. The molecule has 2 aromatic carbocycles. The van der Waals surface area contributed by atoms with E-state index in [1.165, 1.54) is 23.1 Å². The number of hydrogen-bond donors (Lipinski definition) is 1. The Balaban J connectivity index is 1.92. The molecule has 0 fully saturated rings. The molecule has 0 spiro atoms. The molecule has 0 radical (unpaired) electrons. The molecule has 3 rings (SSSR count). The Labute approximate surface area is 191 Å². The van der Waals surface area contributed by atoms with E-state index in [2.05, 4.69) is 15.5 Å². The number of nitrogens with one attached hydrogen (secondary N) is 1. The second-order valence-electron chi connectivity index (χ2n) is 6.95. The Kier molecular flexibility index (Phi) is 7.34. The lowest BCUT2D eigenvalue weighted by molar-refractivity contribution is -0.114. The summed E-state index contributed by atoms with van der Waals surface area (Å²) < 4.78 is 28.7. The van der Waals surface area contributed by atoms with Gasteiger partial charge in [-0.25, -0.2) is 8.42 Å². The lowest BCUT2D eigenvalue weighted by atomic mass is 10.1. The highest BCUT2D eigenvalue weighted by molar-refractivity contribution is 8.01. The molecule has 0 atom stereocenters. The van der Waals surface area contributed by atoms with Gasteiger partial charge >= 0.3 is 0 Å². The number of carbonyl (C=O) groups is 1. The smallest absolute Gasteiger partial charge is 0.264 e. The van der Waals surface area contributed by atoms with Crippen LogP contribution >= 0.6 is 23.1 Å². The molecule has 10 heteroatoms. The molecule has 0 saturated heterocycles. The van der Waals surface area contributed by atoms with Gasteiger partial charge in [-0.1, -0.05) is 53.8 Å². The Morgan fingerprint density at radius 1 is 1.06 bits per heavy atom. The SMILES string of the molecule is CCSc1nnc(NC(=O)CN(c2ccc(C)c(C)c2)S(=O)(=O)c2ccc(C)cc2)s1. The number of aryl methyl sites for hydroxylation is 3. The largest absolute Gasteiger partial charge is 0.299 e. The first-order valence-electron chi connectivity index (χ1n) is 9.63. The minimum absolute atomic E-state index is 0.127. The maximum atomic E-state index is 13.4. The van der Waals surface area contributed by atoms with Gasteiger partial charge in [0.05, 0.1) is 10.6 Å². The molecule has 0 aliphatic rings. The minimum Gasteiger partial charge on any atom is -0.299 e. The van der Waals surface area contributed by atoms with Crippen LogP contribution in [0.3, 0.4) is 0 Å². The zero-order chi connectivity index (χ0) is 22.6. The highest BCUT2D eigenvalue weighted by atomic mass is 32.2. The summed E-state index contributed by atoms with van der Waals surface area (Å²) in [6.45, 7) is 7.37. The van der Waals surface area contributed by atoms with E-state index < -0.39 is 15.9 Å². The van der Waals surface area contributed by atoms with Crippen molar-refractivity contribution in [2.45, 2.75) is 36.9 Å². The first kappa shape index (κ1) is 23.2. The van der Waals surface area contributed by atoms with Gasteiger partial charge in [0.2, 0.25) is 11.0 Å². The van der Waals surface area contributed by atoms with Crippen LogP contribution in [0.1, 0.15) is 23.6 Å². The van der Waals surface area contributed by atoms with Gasteiger partial charge in [-0.15, -0.1) is 10.2 Å². The fourth-order valence-electron chi connectivity index (χ4n) is 2.76. The molecule has 0 aliphatic heterocycles. The predicted molar refractivity (Wildman–Crippen MR) is 127 cm³/mol. The lowest BCUT2D eigenvalue weighted by Gasteiger charge is -2.24. The molecule has 0 aliphatic carbocycles. The molecule has 164 valence electrons. The van der Waals surface area contributed by atoms with Crippen molar-refractivity contribution in [2.24, 2.45) is 0 Å². The van der Waals surface area contributed by atoms with E-state index in [4.69, 9.17) is 0 Å². The monoisotopic (exact) mass is 476 g/mol. The molecule has 3 aromatic rings. The van der Waals surface area contributed by atoms with Crippen LogP contribution in [0.2, 0.25) is 0 Å². The topological polar surface area (TPSA) is 92.3 Å². The first-order chi connectivity index (χ1) is 14.7. The fraction of sp³-hybridized carbons (Fsp3) is 0.286. The Morgan fingerprint density at radius 2 is 1.77 bits per heavy atom. The van der Waals surface area contributed by atoms with Crippen LogP contribution < -0.4 is 9.62 Å². The summed E-state index contributed by atoms with van der Waals surface area (Å²) in [5, 5.41) is 11.0. The van der Waals surface area contributed by atoms with Crippen molar-refractivity contribution in [3.8, 4) is 0 Å². The zero-order valence-corrected chi connectivity index (χ0v) is 20.2. The van der Waals surface area contributed by atoms with Crippen LogP contribution in [0.5, 0.6) is 0 Å². The molecular weight excluding hydrogens is 452 g/mol. The van der Waals surface area contributed by atoms with Crippen molar-refractivity contribution in [2.75, 3.05) is 21.9 Å². The highest BCUT2D eigenvalue weighted by Gasteiger charge is 2.28. The van der Waals surface area contributed by atoms with Crippen LogP contribution in [-0.4, -0.2) is 36.8 Å². The third kappa shape index (κ3) is 5.63. The van der Waals surface area contributed by atoms with Gasteiger partial charge in [-0.05, 0) is 61.9 Å². The van der Waals surface area contributed by atoms with E-state index in [1.807, 2.05) is 33.8 Å². The third-order valence-electron chi connectivity index (χ3n) is 4.60. The van der Waals surface area contributed by atoms with Gasteiger partial charge in [0.15, 0.2) is 4.34 Å². The number of amides is 1. The number of carbonyl (C=O) groups excluding carboxylic acids is 1. The van der Waals surface area contributed by atoms with Crippen molar-refractivity contribution in [3.63, 3.8) is 0 Å². The normalized spacial score (nSPS) is 11.4. The molecule has 0 saturated carbocycles. The molecule has 0 bridgehead atoms. The second kappa shape index (κ2) is 9.80. The van der Waals surface area contributed by atoms with Crippen molar-refractivity contribution in [3.05, 3.63) is 59.2 Å². The molecule has 31 heavy (non-hydrogen) atoms. The van der Waals surface area contributed by atoms with Gasteiger partial charge in [-0.2, -0.15) is 0 Å². The maximum absolute atomic E-state index is 13.4. The first-order valence-corrected chi connectivity index (χ1v) is 12.9. The number of thioether (sulfide) groups is 1. The summed E-state index contributed by atoms with van der Waals surface area (Å²) in [4.78, 5) is 12.9. The van der Waals surface area contributed by atoms with E-state index in [0.717, 1.165) is 31.1 Å². The van der Waals surface area contributed by atoms with E-state index in [0.29, 0.717) is 10.8 Å². The summed E-state index contributed by atoms with van der Waals surface area (Å²) >= 11 is 2.79. The second-order valence-corrected chi connectivity index (χ2v) is 11.3. The van der Waals surface area contributed by atoms with Gasteiger partial charge in [0.1, 0.15) is 6.54 Å². The van der Waals surface area contributed by atoms with E-state index in [1.54, 1.807) is 36.4 Å². The molecule has 0 unspecified atom stereocenters. The van der Waals surface area contributed by atoms with E-state index in [-0.39, 0.29) is 11.4 Å². The van der Waals surface area contributed by atoms with Crippen LogP contribution in [0, 0.1) is 20.8 Å². The number of rotatable bonds is 8. The molecule has 1 aromatic heterocycles. The summed E-state index contributed by atoms with van der Waals surface area (Å²) in [5.74, 6) is 0.357. The Morgan fingerprint density at radius 3 is 2.42 bits per heavy atom. The van der Waals surface area contributed by atoms with Crippen LogP contribution in [0.25, 0.3) is 0 Å². The van der Waals surface area contributed by atoms with Crippen LogP contribution in [0.15, 0.2) is 51.7 Å². The molecular formula is C21H24N4O3S3. The predicted octanol–water partition coefficient (Wildman–Crippen LogP) is 4.41. The van der Waals surface area contributed by atoms with Gasteiger partial charge < -0.3 is 0 Å². The van der Waals surface area contributed by atoms with Gasteiger partial charge in [0, 0.05) is 0 Å². The average molecular weight is 477 g/mol. The van der Waals surface area contributed by atoms with Crippen molar-refractivity contribution >= 4 is 49.8 Å². The average Bonchev–Trinajstić information content (AvgIpc) is 3.15. The summed E-state index contributed by atoms with van der Waals surface area (Å²) in [6, 6.07) is 11.9. The minimum atomic E-state index is -3.96. The molecule has 7 nitrogen and oxygen atoms in total. The van der Waals surface area contributed by atoms with Crippen LogP contribution in [0.4, 0.5) is 10.8 Å². The fourth-order valence-corrected chi connectivity index (χ4v) is 5.84. The number of aromatic nitrogens is 2. The zero-order valence-electron chi connectivity index (χ0n) is 17.7. The summed E-state index contributed by atoms with van der Waals surface area (Å²) in [7, 11) is -3.96. The lowest BCUT2D eigenvalue weighted by Crippen LogP contribution is -2.38. The van der Waals surface area contributed by atoms with E-state index >= 15 is 0 Å².